The van der Waals surface area contributed by atoms with Crippen molar-refractivity contribution < 1.29 is 19.1 Å². The molecule has 2 saturated heterocycles. The number of methoxy groups -OCH3 is 1. The van der Waals surface area contributed by atoms with Gasteiger partial charge >= 0.3 is 0 Å². The van der Waals surface area contributed by atoms with E-state index in [-0.39, 0.29) is 23.7 Å². The van der Waals surface area contributed by atoms with Crippen molar-refractivity contribution in [3.05, 3.63) is 83.9 Å². The van der Waals surface area contributed by atoms with E-state index in [2.05, 4.69) is 66.1 Å². The number of hydrogen-bond acceptors (Lipinski definition) is 6. The largest absolute Gasteiger partial charge is 0.497 e. The van der Waals surface area contributed by atoms with Crippen molar-refractivity contribution in [2.45, 2.75) is 96.2 Å². The lowest BCUT2D eigenvalue weighted by Gasteiger charge is -2.49. The third-order valence-electron chi connectivity index (χ3n) is 13.5. The lowest BCUT2D eigenvalue weighted by atomic mass is 9.74. The predicted molar refractivity (Wildman–Crippen MR) is 210 cm³/mol. The molecule has 2 heterocycles. The molecule has 0 radical (unpaired) electrons. The molecule has 0 amide bonds. The normalized spacial score (nSPS) is 26.2. The van der Waals surface area contributed by atoms with Crippen LogP contribution in [0.15, 0.2) is 72.8 Å². The first kappa shape index (κ1) is 35.3. The van der Waals surface area contributed by atoms with Crippen molar-refractivity contribution in [1.29, 1.82) is 0 Å². The van der Waals surface area contributed by atoms with Crippen molar-refractivity contribution in [3.63, 3.8) is 0 Å². The summed E-state index contributed by atoms with van der Waals surface area (Å²) in [5.74, 6) is 3.14. The van der Waals surface area contributed by atoms with Crippen LogP contribution in [0.3, 0.4) is 0 Å². The summed E-state index contributed by atoms with van der Waals surface area (Å²) >= 11 is 0. The predicted octanol–water partition coefficient (Wildman–Crippen LogP) is 9.62. The Morgan fingerprint density at radius 2 is 1.21 bits per heavy atom. The first-order chi connectivity index (χ1) is 25.4. The van der Waals surface area contributed by atoms with Gasteiger partial charge in [0, 0.05) is 54.2 Å². The molecule has 2 saturated carbocycles. The number of hydrogen-bond donors (Lipinski definition) is 0. The molecule has 0 N–H and O–H groups in total. The molecule has 274 valence electrons. The summed E-state index contributed by atoms with van der Waals surface area (Å²) in [4.78, 5) is 33.3. The summed E-state index contributed by atoms with van der Waals surface area (Å²) < 4.78 is 12.0. The molecule has 0 aromatic heterocycles. The van der Waals surface area contributed by atoms with Gasteiger partial charge in [-0.1, -0.05) is 75.9 Å². The third-order valence-corrected chi connectivity index (χ3v) is 13.5. The van der Waals surface area contributed by atoms with Gasteiger partial charge in [0.15, 0.2) is 11.6 Å². The zero-order chi connectivity index (χ0) is 35.8. The van der Waals surface area contributed by atoms with Gasteiger partial charge < -0.3 is 9.47 Å². The van der Waals surface area contributed by atoms with E-state index in [4.69, 9.17) is 9.47 Å². The smallest absolute Gasteiger partial charge is 0.167 e. The summed E-state index contributed by atoms with van der Waals surface area (Å²) in [5, 5.41) is 4.35. The Bertz CT molecular complexity index is 1910. The first-order valence-electron chi connectivity index (χ1n) is 20.2. The quantitative estimate of drug-likeness (QED) is 0.137. The van der Waals surface area contributed by atoms with E-state index in [9.17, 15) is 9.59 Å². The van der Waals surface area contributed by atoms with Gasteiger partial charge in [-0.3, -0.25) is 19.4 Å². The first-order valence-corrected chi connectivity index (χ1v) is 20.2. The van der Waals surface area contributed by atoms with Crippen molar-refractivity contribution in [2.24, 2.45) is 23.7 Å². The zero-order valence-electron chi connectivity index (χ0n) is 31.4. The van der Waals surface area contributed by atoms with Gasteiger partial charge in [0.25, 0.3) is 0 Å². The van der Waals surface area contributed by atoms with Crippen molar-refractivity contribution >= 4 is 33.1 Å². The molecule has 52 heavy (non-hydrogen) atoms. The highest BCUT2D eigenvalue weighted by atomic mass is 16.5. The molecular weight excluding hydrogens is 645 g/mol. The minimum atomic E-state index is -0.0161. The second-order valence-electron chi connectivity index (χ2n) is 16.3. The summed E-state index contributed by atoms with van der Waals surface area (Å²) in [7, 11) is 1.68. The maximum absolute atomic E-state index is 14.2. The van der Waals surface area contributed by atoms with E-state index >= 15 is 0 Å². The minimum absolute atomic E-state index is 0.0161. The molecule has 5 atom stereocenters. The summed E-state index contributed by atoms with van der Waals surface area (Å²) in [5.41, 5.74) is 1.65. The van der Waals surface area contributed by atoms with E-state index in [1.165, 1.54) is 38.5 Å². The van der Waals surface area contributed by atoms with Gasteiger partial charge in [0.05, 0.1) is 7.11 Å². The standard InChI is InChI=1S/C46H56N2O4/c1-4-30-20-21-47(38-8-6-9-38)27-43(30)45(49)36-15-13-35-26-42(19-17-33(35)23-36)52-29-40-24-31(5-2)44(28-48(40)39-10-7-11-39)46(50)37-14-12-34-25-41(51-3)18-16-32(34)22-37/h12-19,22-23,25-26,30-31,38-40,43-44H,4-11,20-21,24,27-29H2,1-3H3/t30?,31-,40?,43-,44+/m1/s1. The highest BCUT2D eigenvalue weighted by molar-refractivity contribution is 6.02. The van der Waals surface area contributed by atoms with Crippen molar-refractivity contribution in [1.82, 2.24) is 9.80 Å². The molecule has 6 heteroatoms. The van der Waals surface area contributed by atoms with Gasteiger partial charge in [-0.15, -0.1) is 0 Å². The number of benzene rings is 4. The van der Waals surface area contributed by atoms with Crippen LogP contribution in [0.5, 0.6) is 11.5 Å². The SMILES string of the molecule is CCC1CCN(C2CCC2)C[C@H]1C(=O)c1ccc2cc(OCC3C[C@@H](CC)[C@@H](C(=O)c4ccc5cc(OC)ccc5c4)CN3C3CCC3)ccc2c1. The number of carbonyl (C=O) groups excluding carboxylic acids is 2. The molecular formula is C46H56N2O4. The van der Waals surface area contributed by atoms with Gasteiger partial charge in [0.1, 0.15) is 18.1 Å². The molecule has 4 aromatic rings. The summed E-state index contributed by atoms with van der Waals surface area (Å²) in [6.45, 7) is 7.95. The maximum Gasteiger partial charge on any atom is 0.167 e. The average molecular weight is 701 g/mol. The van der Waals surface area contributed by atoms with E-state index in [1.54, 1.807) is 7.11 Å². The van der Waals surface area contributed by atoms with Crippen LogP contribution in [0, 0.1) is 23.7 Å². The highest BCUT2D eigenvalue weighted by Crippen LogP contribution is 2.39. The van der Waals surface area contributed by atoms with Gasteiger partial charge in [-0.2, -0.15) is 0 Å². The van der Waals surface area contributed by atoms with E-state index < -0.39 is 0 Å². The van der Waals surface area contributed by atoms with Crippen LogP contribution in [-0.2, 0) is 0 Å². The maximum atomic E-state index is 14.2. The second-order valence-corrected chi connectivity index (χ2v) is 16.3. The Balaban J connectivity index is 0.946. The Hall–Kier alpha value is -3.74. The van der Waals surface area contributed by atoms with Crippen LogP contribution in [-0.4, -0.2) is 72.8 Å². The zero-order valence-corrected chi connectivity index (χ0v) is 31.4. The van der Waals surface area contributed by atoms with Crippen LogP contribution in [0.4, 0.5) is 0 Å². The molecule has 4 fully saturated rings. The number of nitrogens with zero attached hydrogens (tertiary/aromatic N) is 2. The van der Waals surface area contributed by atoms with E-state index in [0.717, 1.165) is 89.5 Å². The second kappa shape index (κ2) is 15.3. The molecule has 8 rings (SSSR count). The number of ketones is 2. The number of likely N-dealkylation sites (tertiary alicyclic amines) is 2. The third kappa shape index (κ3) is 7.01. The summed E-state index contributed by atoms with van der Waals surface area (Å²) in [6.07, 6.45) is 11.7. The van der Waals surface area contributed by atoms with Crippen LogP contribution < -0.4 is 9.47 Å². The van der Waals surface area contributed by atoms with Crippen molar-refractivity contribution in [2.75, 3.05) is 33.4 Å². The number of piperidine rings is 2. The van der Waals surface area contributed by atoms with Crippen LogP contribution in [0.1, 0.15) is 98.8 Å². The van der Waals surface area contributed by atoms with Crippen LogP contribution in [0.2, 0.25) is 0 Å². The molecule has 2 unspecified atom stereocenters. The summed E-state index contributed by atoms with van der Waals surface area (Å²) in [6, 6.07) is 26.2. The monoisotopic (exact) mass is 700 g/mol. The number of fused-ring (bicyclic) bond motifs is 2. The fraction of sp³-hybridized carbons (Fsp3) is 0.522. The number of ether oxygens (including phenoxy) is 2. The molecule has 2 aliphatic carbocycles. The molecule has 6 nitrogen and oxygen atoms in total. The molecule has 4 aromatic carbocycles. The van der Waals surface area contributed by atoms with Gasteiger partial charge in [0.2, 0.25) is 0 Å². The topological polar surface area (TPSA) is 59.1 Å². The molecule has 0 bridgehead atoms. The molecule has 4 aliphatic rings. The Kier molecular flexibility index (Phi) is 10.4. The van der Waals surface area contributed by atoms with E-state index in [1.807, 2.05) is 30.3 Å². The average Bonchev–Trinajstić information content (AvgIpc) is 3.14. The Labute approximate surface area is 309 Å². The Morgan fingerprint density at radius 3 is 1.79 bits per heavy atom. The fourth-order valence-corrected chi connectivity index (χ4v) is 9.74. The van der Waals surface area contributed by atoms with Crippen LogP contribution in [0.25, 0.3) is 21.5 Å². The highest BCUT2D eigenvalue weighted by Gasteiger charge is 2.43. The van der Waals surface area contributed by atoms with E-state index in [0.29, 0.717) is 36.3 Å². The van der Waals surface area contributed by atoms with Crippen molar-refractivity contribution in [3.8, 4) is 11.5 Å². The van der Waals surface area contributed by atoms with Gasteiger partial charge in [-0.25, -0.2) is 0 Å². The minimum Gasteiger partial charge on any atom is -0.497 e. The number of rotatable bonds is 12. The molecule has 2 aliphatic heterocycles. The van der Waals surface area contributed by atoms with Gasteiger partial charge in [-0.05, 0) is 115 Å². The lowest BCUT2D eigenvalue weighted by molar-refractivity contribution is -0.0140. The Morgan fingerprint density at radius 1 is 0.654 bits per heavy atom. The number of carbonyl (C=O) groups is 2. The molecule has 0 spiro atoms. The lowest BCUT2D eigenvalue weighted by Crippen LogP contribution is -2.57. The number of Topliss-reactive ketones (excluding diaryl/α,β-unsaturated/α-hetero) is 2. The fourth-order valence-electron chi connectivity index (χ4n) is 9.74. The van der Waals surface area contributed by atoms with Crippen LogP contribution >= 0.6 is 0 Å².